The van der Waals surface area contributed by atoms with Gasteiger partial charge in [0.2, 0.25) is 0 Å². The van der Waals surface area contributed by atoms with Crippen LogP contribution in [0.15, 0.2) is 30.5 Å². The Balaban J connectivity index is 2.44. The number of Topliss-reactive ketones (excluding diaryl/α,β-unsaturated/α-hetero) is 1. The molecule has 17 heavy (non-hydrogen) atoms. The zero-order valence-corrected chi connectivity index (χ0v) is 9.05. The number of hydrogen-bond acceptors (Lipinski definition) is 4. The summed E-state index contributed by atoms with van der Waals surface area (Å²) in [5, 5.41) is 1.61. The summed E-state index contributed by atoms with van der Waals surface area (Å²) in [4.78, 5) is 16.3. The Morgan fingerprint density at radius 1 is 1.24 bits per heavy atom. The minimum Gasteiger partial charge on any atom is -0.398 e. The highest BCUT2D eigenvalue weighted by Gasteiger charge is 2.23. The average Bonchev–Trinajstić information content (AvgIpc) is 2.34. The lowest BCUT2D eigenvalue weighted by Crippen LogP contribution is -2.31. The largest absolute Gasteiger partial charge is 0.398 e. The van der Waals surface area contributed by atoms with Gasteiger partial charge in [-0.15, -0.1) is 0 Å². The number of rotatable bonds is 0. The quantitative estimate of drug-likeness (QED) is 0.663. The third kappa shape index (κ3) is 1.34. The van der Waals surface area contributed by atoms with Crippen LogP contribution in [0.25, 0.3) is 16.8 Å². The molecule has 0 bridgehead atoms. The van der Waals surface area contributed by atoms with Crippen LogP contribution in [0.3, 0.4) is 0 Å². The lowest BCUT2D eigenvalue weighted by atomic mass is 9.92. The van der Waals surface area contributed by atoms with Crippen molar-refractivity contribution in [3.8, 4) is 0 Å². The minimum absolute atomic E-state index is 0.105. The second-order valence-corrected chi connectivity index (χ2v) is 4.08. The first kappa shape index (κ1) is 9.99. The molecule has 0 saturated carbocycles. The van der Waals surface area contributed by atoms with E-state index < -0.39 is 6.04 Å². The van der Waals surface area contributed by atoms with E-state index in [0.717, 1.165) is 10.8 Å². The topological polar surface area (TPSA) is 82.0 Å². The van der Waals surface area contributed by atoms with E-state index in [-0.39, 0.29) is 5.78 Å². The van der Waals surface area contributed by atoms with Crippen molar-refractivity contribution in [2.45, 2.75) is 6.04 Å². The Hall–Kier alpha value is -2.20. The molecule has 0 spiro atoms. The van der Waals surface area contributed by atoms with Gasteiger partial charge in [-0.2, -0.15) is 0 Å². The number of nitrogens with zero attached hydrogens (tertiary/aromatic N) is 1. The van der Waals surface area contributed by atoms with Gasteiger partial charge in [0.05, 0.1) is 17.3 Å². The zero-order valence-electron chi connectivity index (χ0n) is 9.05. The Kier molecular flexibility index (Phi) is 2.00. The molecule has 1 aromatic carbocycles. The van der Waals surface area contributed by atoms with Crippen LogP contribution in [-0.2, 0) is 0 Å². The molecule has 0 radical (unpaired) electrons. The van der Waals surface area contributed by atoms with Crippen LogP contribution in [0.4, 0.5) is 5.69 Å². The highest BCUT2D eigenvalue weighted by Crippen LogP contribution is 2.28. The van der Waals surface area contributed by atoms with Crippen molar-refractivity contribution in [1.82, 2.24) is 4.98 Å². The molecule has 1 heterocycles. The molecule has 84 valence electrons. The average molecular weight is 225 g/mol. The fourth-order valence-corrected chi connectivity index (χ4v) is 2.12. The number of pyridine rings is 1. The molecule has 1 atom stereocenters. The van der Waals surface area contributed by atoms with Gasteiger partial charge in [-0.1, -0.05) is 18.2 Å². The highest BCUT2D eigenvalue weighted by atomic mass is 16.1. The van der Waals surface area contributed by atoms with Crippen molar-refractivity contribution in [3.05, 3.63) is 41.7 Å². The fraction of sp³-hybridized carbons (Fsp3) is 0.0769. The lowest BCUT2D eigenvalue weighted by Gasteiger charge is -2.16. The van der Waals surface area contributed by atoms with Gasteiger partial charge in [-0.3, -0.25) is 9.78 Å². The van der Waals surface area contributed by atoms with Crippen LogP contribution >= 0.6 is 0 Å². The lowest BCUT2D eigenvalue weighted by molar-refractivity contribution is 0.0978. The third-order valence-corrected chi connectivity index (χ3v) is 3.01. The van der Waals surface area contributed by atoms with Gasteiger partial charge in [0, 0.05) is 17.3 Å². The second-order valence-electron chi connectivity index (χ2n) is 4.08. The van der Waals surface area contributed by atoms with Crippen molar-refractivity contribution in [3.63, 3.8) is 0 Å². The first-order chi connectivity index (χ1) is 8.18. The zero-order chi connectivity index (χ0) is 12.0. The molecule has 0 saturated heterocycles. The van der Waals surface area contributed by atoms with Gasteiger partial charge >= 0.3 is 0 Å². The summed E-state index contributed by atoms with van der Waals surface area (Å²) in [5.41, 5.74) is 13.5. The number of hydrogen-bond donors (Lipinski definition) is 2. The van der Waals surface area contributed by atoms with E-state index in [9.17, 15) is 4.79 Å². The number of nitrogens with two attached hydrogens (primary N) is 2. The predicted molar refractivity (Wildman–Crippen MR) is 67.5 cm³/mol. The van der Waals surface area contributed by atoms with E-state index in [2.05, 4.69) is 4.98 Å². The molecule has 3 rings (SSSR count). The van der Waals surface area contributed by atoms with E-state index >= 15 is 0 Å². The monoisotopic (exact) mass is 225 g/mol. The summed E-state index contributed by atoms with van der Waals surface area (Å²) in [5.74, 6) is -0.105. The summed E-state index contributed by atoms with van der Waals surface area (Å²) < 4.78 is 0. The van der Waals surface area contributed by atoms with Crippen LogP contribution in [0.2, 0.25) is 0 Å². The number of fused-ring (bicyclic) bond motifs is 3. The Morgan fingerprint density at radius 3 is 2.88 bits per heavy atom. The smallest absolute Gasteiger partial charge is 0.186 e. The molecular formula is C13H11N3O. The first-order valence-corrected chi connectivity index (χ1v) is 5.33. The third-order valence-electron chi connectivity index (χ3n) is 3.01. The molecule has 0 aliphatic heterocycles. The molecule has 4 nitrogen and oxygen atoms in total. The summed E-state index contributed by atoms with van der Waals surface area (Å²) in [6, 6.07) is 4.90. The van der Waals surface area contributed by atoms with Gasteiger partial charge in [-0.25, -0.2) is 0 Å². The van der Waals surface area contributed by atoms with Crippen molar-refractivity contribution >= 4 is 28.3 Å². The molecule has 2 aromatic rings. The maximum Gasteiger partial charge on any atom is 0.186 e. The van der Waals surface area contributed by atoms with Crippen molar-refractivity contribution < 1.29 is 4.79 Å². The molecule has 4 heteroatoms. The van der Waals surface area contributed by atoms with E-state index in [0.29, 0.717) is 16.9 Å². The second kappa shape index (κ2) is 3.40. The number of benzene rings is 1. The molecule has 1 unspecified atom stereocenters. The van der Waals surface area contributed by atoms with Gasteiger partial charge in [-0.05, 0) is 17.5 Å². The number of nitrogen functional groups attached to an aromatic ring is 1. The highest BCUT2D eigenvalue weighted by molar-refractivity contribution is 6.16. The van der Waals surface area contributed by atoms with E-state index in [1.165, 1.54) is 0 Å². The normalized spacial score (nSPS) is 18.4. The molecule has 0 fully saturated rings. The van der Waals surface area contributed by atoms with E-state index in [1.807, 2.05) is 12.1 Å². The minimum atomic E-state index is -0.587. The van der Waals surface area contributed by atoms with E-state index in [1.54, 1.807) is 24.4 Å². The van der Waals surface area contributed by atoms with Gasteiger partial charge < -0.3 is 11.5 Å². The Bertz CT molecular complexity index is 661. The fourth-order valence-electron chi connectivity index (χ4n) is 2.12. The summed E-state index contributed by atoms with van der Waals surface area (Å²) in [6.07, 6.45) is 5.14. The maximum atomic E-state index is 12.1. The molecule has 1 aromatic heterocycles. The molecule has 0 amide bonds. The van der Waals surface area contributed by atoms with Crippen LogP contribution < -0.4 is 11.5 Å². The predicted octanol–water partition coefficient (Wildman–Crippen LogP) is 1.35. The van der Waals surface area contributed by atoms with Gasteiger partial charge in [0.25, 0.3) is 0 Å². The van der Waals surface area contributed by atoms with Crippen molar-refractivity contribution in [2.24, 2.45) is 5.73 Å². The van der Waals surface area contributed by atoms with Crippen molar-refractivity contribution in [1.29, 1.82) is 0 Å². The Labute approximate surface area is 97.9 Å². The SMILES string of the molecule is Nc1cccc2c3c(ncc12)C=CC(N)C3=O. The summed E-state index contributed by atoms with van der Waals surface area (Å²) in [7, 11) is 0. The number of anilines is 1. The van der Waals surface area contributed by atoms with Crippen molar-refractivity contribution in [2.75, 3.05) is 5.73 Å². The summed E-state index contributed by atoms with van der Waals surface area (Å²) in [6.45, 7) is 0. The Morgan fingerprint density at radius 2 is 2.06 bits per heavy atom. The van der Waals surface area contributed by atoms with Crippen LogP contribution in [0, 0.1) is 0 Å². The first-order valence-electron chi connectivity index (χ1n) is 5.33. The molecule has 1 aliphatic rings. The number of carbonyl (C=O) groups excluding carboxylic acids is 1. The van der Waals surface area contributed by atoms with Crippen LogP contribution in [0.5, 0.6) is 0 Å². The maximum absolute atomic E-state index is 12.1. The number of aromatic nitrogens is 1. The van der Waals surface area contributed by atoms with Crippen LogP contribution in [0.1, 0.15) is 16.1 Å². The molecular weight excluding hydrogens is 214 g/mol. The standard InChI is InChI=1S/C13H11N3O/c14-9-3-1-2-7-8(9)6-16-11-5-4-10(15)13(17)12(7)11/h1-6,10H,14-15H2. The molecule has 1 aliphatic carbocycles. The van der Waals surface area contributed by atoms with Gasteiger partial charge in [0.15, 0.2) is 5.78 Å². The number of carbonyl (C=O) groups is 1. The van der Waals surface area contributed by atoms with E-state index in [4.69, 9.17) is 11.5 Å². The summed E-state index contributed by atoms with van der Waals surface area (Å²) >= 11 is 0. The van der Waals surface area contributed by atoms with Crippen LogP contribution in [-0.4, -0.2) is 16.8 Å². The van der Waals surface area contributed by atoms with Gasteiger partial charge in [0.1, 0.15) is 0 Å². The molecule has 4 N–H and O–H groups in total. The number of ketones is 1.